The van der Waals surface area contributed by atoms with Crippen LogP contribution in [0.1, 0.15) is 18.0 Å². The number of para-hydroxylation sites is 2. The van der Waals surface area contributed by atoms with E-state index in [1.807, 2.05) is 54.7 Å². The zero-order valence-electron chi connectivity index (χ0n) is 11.8. The number of ether oxygens (including phenoxy) is 1. The van der Waals surface area contributed by atoms with E-state index in [1.165, 1.54) is 0 Å². The normalized spacial score (nSPS) is 12.2. The second-order valence-corrected chi connectivity index (χ2v) is 5.02. The van der Waals surface area contributed by atoms with Crippen LogP contribution in [0.25, 0.3) is 10.9 Å². The lowest BCUT2D eigenvalue weighted by Gasteiger charge is -2.13. The molecule has 21 heavy (non-hydrogen) atoms. The van der Waals surface area contributed by atoms with Crippen LogP contribution in [0.5, 0.6) is 5.75 Å². The van der Waals surface area contributed by atoms with E-state index in [1.54, 1.807) is 0 Å². The molecule has 1 aromatic heterocycles. The summed E-state index contributed by atoms with van der Waals surface area (Å²) in [6.45, 7) is 0.595. The molecule has 2 aromatic carbocycles. The quantitative estimate of drug-likeness (QED) is 0.774. The second kappa shape index (κ2) is 6.37. The molecule has 0 amide bonds. The predicted octanol–water partition coefficient (Wildman–Crippen LogP) is 3.70. The predicted molar refractivity (Wildman–Crippen MR) is 85.2 cm³/mol. The van der Waals surface area contributed by atoms with E-state index in [4.69, 9.17) is 10.5 Å². The number of fused-ring (bicyclic) bond motifs is 1. The maximum atomic E-state index is 6.23. The van der Waals surface area contributed by atoms with Crippen LogP contribution in [-0.4, -0.2) is 11.6 Å². The Balaban J connectivity index is 1.62. The number of aromatic nitrogens is 1. The van der Waals surface area contributed by atoms with Gasteiger partial charge in [-0.25, -0.2) is 0 Å². The molecule has 0 saturated carbocycles. The van der Waals surface area contributed by atoms with Gasteiger partial charge >= 0.3 is 0 Å². The van der Waals surface area contributed by atoms with Gasteiger partial charge in [-0.15, -0.1) is 0 Å². The Kier molecular flexibility index (Phi) is 4.12. The van der Waals surface area contributed by atoms with Gasteiger partial charge in [0.25, 0.3) is 0 Å². The zero-order chi connectivity index (χ0) is 14.5. The highest BCUT2D eigenvalue weighted by Crippen LogP contribution is 2.19. The lowest BCUT2D eigenvalue weighted by atomic mass is 10.0. The van der Waals surface area contributed by atoms with Crippen LogP contribution >= 0.6 is 0 Å². The van der Waals surface area contributed by atoms with Crippen molar-refractivity contribution in [3.8, 4) is 5.75 Å². The molecule has 106 valence electrons. The van der Waals surface area contributed by atoms with Gasteiger partial charge in [-0.05, 0) is 29.8 Å². The molecule has 3 aromatic rings. The van der Waals surface area contributed by atoms with Gasteiger partial charge in [-0.3, -0.25) is 4.98 Å². The van der Waals surface area contributed by atoms with Crippen LogP contribution in [0.15, 0.2) is 66.9 Å². The number of nitrogens with two attached hydrogens (primary N) is 1. The van der Waals surface area contributed by atoms with Gasteiger partial charge in [0, 0.05) is 24.0 Å². The summed E-state index contributed by atoms with van der Waals surface area (Å²) in [5.41, 5.74) is 8.27. The maximum Gasteiger partial charge on any atom is 0.119 e. The largest absolute Gasteiger partial charge is 0.494 e. The number of benzene rings is 2. The summed E-state index contributed by atoms with van der Waals surface area (Å²) in [6.07, 6.45) is 2.62. The average molecular weight is 278 g/mol. The molecule has 3 nitrogen and oxygen atoms in total. The minimum atomic E-state index is -0.0641. The molecule has 2 N–H and O–H groups in total. The van der Waals surface area contributed by atoms with E-state index in [-0.39, 0.29) is 6.04 Å². The van der Waals surface area contributed by atoms with Gasteiger partial charge in [0.2, 0.25) is 0 Å². The number of hydrogen-bond acceptors (Lipinski definition) is 3. The number of hydrogen-bond donors (Lipinski definition) is 1. The molecular weight excluding hydrogens is 260 g/mol. The molecule has 0 fully saturated rings. The van der Waals surface area contributed by atoms with Crippen LogP contribution in [-0.2, 0) is 0 Å². The third kappa shape index (κ3) is 3.38. The fourth-order valence-electron chi connectivity index (χ4n) is 2.28. The van der Waals surface area contributed by atoms with Crippen LogP contribution in [0.3, 0.4) is 0 Å². The SMILES string of the molecule is NC(CCOc1ccccc1)c1cnc2ccccc2c1. The average Bonchev–Trinajstić information content (AvgIpc) is 2.55. The third-order valence-corrected chi connectivity index (χ3v) is 3.48. The molecule has 0 bridgehead atoms. The van der Waals surface area contributed by atoms with Crippen molar-refractivity contribution >= 4 is 10.9 Å². The van der Waals surface area contributed by atoms with Gasteiger partial charge in [-0.1, -0.05) is 36.4 Å². The molecule has 1 atom stereocenters. The molecule has 1 heterocycles. The van der Waals surface area contributed by atoms with Gasteiger partial charge in [-0.2, -0.15) is 0 Å². The number of pyridine rings is 1. The van der Waals surface area contributed by atoms with Crippen LogP contribution in [0.2, 0.25) is 0 Å². The monoisotopic (exact) mass is 278 g/mol. The standard InChI is InChI=1S/C18H18N2O/c19-17(10-11-21-16-7-2-1-3-8-16)15-12-14-6-4-5-9-18(14)20-13-15/h1-9,12-13,17H,10-11,19H2. The lowest BCUT2D eigenvalue weighted by molar-refractivity contribution is 0.298. The first-order valence-corrected chi connectivity index (χ1v) is 7.11. The molecule has 0 radical (unpaired) electrons. The maximum absolute atomic E-state index is 6.23. The van der Waals surface area contributed by atoms with E-state index in [9.17, 15) is 0 Å². The van der Waals surface area contributed by atoms with E-state index < -0.39 is 0 Å². The smallest absolute Gasteiger partial charge is 0.119 e. The molecule has 0 aliphatic carbocycles. The Hall–Kier alpha value is -2.39. The Morgan fingerprint density at radius 3 is 2.62 bits per heavy atom. The molecule has 1 unspecified atom stereocenters. The van der Waals surface area contributed by atoms with Crippen molar-refractivity contribution in [2.45, 2.75) is 12.5 Å². The highest BCUT2D eigenvalue weighted by Gasteiger charge is 2.07. The Bertz CT molecular complexity index is 712. The van der Waals surface area contributed by atoms with Crippen LogP contribution < -0.4 is 10.5 Å². The molecular formula is C18H18N2O. The summed E-state index contributed by atoms with van der Waals surface area (Å²) in [5, 5.41) is 1.12. The first kappa shape index (κ1) is 13.6. The summed E-state index contributed by atoms with van der Waals surface area (Å²) in [4.78, 5) is 4.45. The minimum absolute atomic E-state index is 0.0641. The van der Waals surface area contributed by atoms with Gasteiger partial charge in [0.05, 0.1) is 12.1 Å². The van der Waals surface area contributed by atoms with E-state index in [0.717, 1.165) is 28.6 Å². The van der Waals surface area contributed by atoms with Crippen molar-refractivity contribution in [3.63, 3.8) is 0 Å². The second-order valence-electron chi connectivity index (χ2n) is 5.02. The van der Waals surface area contributed by atoms with E-state index >= 15 is 0 Å². The molecule has 0 spiro atoms. The van der Waals surface area contributed by atoms with Crippen molar-refractivity contribution in [3.05, 3.63) is 72.4 Å². The lowest BCUT2D eigenvalue weighted by Crippen LogP contribution is -2.14. The molecule has 3 heteroatoms. The minimum Gasteiger partial charge on any atom is -0.494 e. The van der Waals surface area contributed by atoms with Crippen molar-refractivity contribution in [1.29, 1.82) is 0 Å². The fraction of sp³-hybridized carbons (Fsp3) is 0.167. The third-order valence-electron chi connectivity index (χ3n) is 3.48. The van der Waals surface area contributed by atoms with Crippen LogP contribution in [0, 0.1) is 0 Å². The first-order valence-electron chi connectivity index (χ1n) is 7.11. The van der Waals surface area contributed by atoms with Gasteiger partial charge in [0.1, 0.15) is 5.75 Å². The topological polar surface area (TPSA) is 48.1 Å². The molecule has 0 aliphatic rings. The van der Waals surface area contributed by atoms with Gasteiger partial charge < -0.3 is 10.5 Å². The Morgan fingerprint density at radius 2 is 1.76 bits per heavy atom. The highest BCUT2D eigenvalue weighted by molar-refractivity contribution is 5.78. The van der Waals surface area contributed by atoms with E-state index in [0.29, 0.717) is 6.61 Å². The van der Waals surface area contributed by atoms with Crippen molar-refractivity contribution < 1.29 is 4.74 Å². The van der Waals surface area contributed by atoms with Crippen molar-refractivity contribution in [2.24, 2.45) is 5.73 Å². The van der Waals surface area contributed by atoms with Crippen molar-refractivity contribution in [1.82, 2.24) is 4.98 Å². The molecule has 3 rings (SSSR count). The summed E-state index contributed by atoms with van der Waals surface area (Å²) < 4.78 is 5.69. The molecule has 0 aliphatic heterocycles. The van der Waals surface area contributed by atoms with E-state index in [2.05, 4.69) is 17.1 Å². The zero-order valence-corrected chi connectivity index (χ0v) is 11.8. The summed E-state index contributed by atoms with van der Waals surface area (Å²) in [6, 6.07) is 19.9. The highest BCUT2D eigenvalue weighted by atomic mass is 16.5. The first-order chi connectivity index (χ1) is 10.3. The Labute approximate surface area is 124 Å². The number of nitrogens with zero attached hydrogens (tertiary/aromatic N) is 1. The fourth-order valence-corrected chi connectivity index (χ4v) is 2.28. The Morgan fingerprint density at radius 1 is 1.00 bits per heavy atom. The summed E-state index contributed by atoms with van der Waals surface area (Å²) in [5.74, 6) is 0.876. The summed E-state index contributed by atoms with van der Waals surface area (Å²) in [7, 11) is 0. The van der Waals surface area contributed by atoms with Gasteiger partial charge in [0.15, 0.2) is 0 Å². The summed E-state index contributed by atoms with van der Waals surface area (Å²) >= 11 is 0. The van der Waals surface area contributed by atoms with Crippen LogP contribution in [0.4, 0.5) is 0 Å². The molecule has 0 saturated heterocycles. The van der Waals surface area contributed by atoms with Crippen molar-refractivity contribution in [2.75, 3.05) is 6.61 Å². The number of rotatable bonds is 5.